The maximum absolute atomic E-state index is 6.04. The van der Waals surface area contributed by atoms with E-state index in [1.54, 1.807) is 19.2 Å². The molecule has 132 valence electrons. The summed E-state index contributed by atoms with van der Waals surface area (Å²) >= 11 is 17.6. The molecule has 0 bridgehead atoms. The van der Waals surface area contributed by atoms with Crippen LogP contribution in [0, 0.1) is 0 Å². The fourth-order valence-electron chi connectivity index (χ4n) is 2.81. The van der Waals surface area contributed by atoms with Crippen molar-refractivity contribution in [2.75, 3.05) is 20.2 Å². The number of hydrogen-bond acceptors (Lipinski definition) is 3. The molecule has 2 aromatic carbocycles. The monoisotopic (exact) mass is 395 g/mol. The molecule has 3 rings (SSSR count). The molecule has 0 radical (unpaired) electrons. The Morgan fingerprint density at radius 2 is 1.80 bits per heavy atom. The Hall–Kier alpha value is -1.49. The smallest absolute Gasteiger partial charge is 0.161 e. The molecule has 0 saturated carbocycles. The van der Waals surface area contributed by atoms with Crippen LogP contribution in [0.5, 0.6) is 11.5 Å². The number of rotatable bonds is 5. The first-order chi connectivity index (χ1) is 12.1. The van der Waals surface area contributed by atoms with Gasteiger partial charge in [0.15, 0.2) is 11.5 Å². The zero-order valence-electron chi connectivity index (χ0n) is 13.9. The third-order valence-electron chi connectivity index (χ3n) is 4.18. The van der Waals surface area contributed by atoms with Gasteiger partial charge in [-0.1, -0.05) is 41.5 Å². The number of thiocarbonyl (C=S) groups is 1. The van der Waals surface area contributed by atoms with Crippen LogP contribution >= 0.6 is 35.4 Å². The van der Waals surface area contributed by atoms with Gasteiger partial charge in [-0.3, -0.25) is 0 Å². The summed E-state index contributed by atoms with van der Waals surface area (Å²) < 4.78 is 11.4. The van der Waals surface area contributed by atoms with E-state index >= 15 is 0 Å². The van der Waals surface area contributed by atoms with Crippen molar-refractivity contribution < 1.29 is 9.47 Å². The lowest BCUT2D eigenvalue weighted by Crippen LogP contribution is -2.26. The minimum Gasteiger partial charge on any atom is -0.493 e. The van der Waals surface area contributed by atoms with E-state index < -0.39 is 0 Å². The Morgan fingerprint density at radius 3 is 2.48 bits per heavy atom. The molecule has 25 heavy (non-hydrogen) atoms. The van der Waals surface area contributed by atoms with Gasteiger partial charge in [-0.15, -0.1) is 0 Å². The van der Waals surface area contributed by atoms with Crippen LogP contribution in [0.3, 0.4) is 0 Å². The fourth-order valence-corrected chi connectivity index (χ4v) is 3.44. The van der Waals surface area contributed by atoms with E-state index in [1.807, 2.05) is 24.3 Å². The van der Waals surface area contributed by atoms with E-state index in [4.69, 9.17) is 44.9 Å². The average Bonchev–Trinajstić information content (AvgIpc) is 3.16. The van der Waals surface area contributed by atoms with Crippen molar-refractivity contribution in [3.05, 3.63) is 57.6 Å². The maximum Gasteiger partial charge on any atom is 0.161 e. The van der Waals surface area contributed by atoms with Crippen LogP contribution in [0.15, 0.2) is 36.4 Å². The Labute approximate surface area is 163 Å². The minimum atomic E-state index is 0.378. The lowest BCUT2D eigenvalue weighted by molar-refractivity contribution is 0.284. The second kappa shape index (κ2) is 8.26. The normalized spacial score (nSPS) is 13.8. The molecule has 1 fully saturated rings. The van der Waals surface area contributed by atoms with Crippen LogP contribution in [0.4, 0.5) is 0 Å². The summed E-state index contributed by atoms with van der Waals surface area (Å²) in [6.07, 6.45) is 2.39. The van der Waals surface area contributed by atoms with Crippen LogP contribution < -0.4 is 9.47 Å². The van der Waals surface area contributed by atoms with Gasteiger partial charge >= 0.3 is 0 Å². The summed E-state index contributed by atoms with van der Waals surface area (Å²) in [6.45, 7) is 2.43. The van der Waals surface area contributed by atoms with Crippen molar-refractivity contribution in [1.82, 2.24) is 4.90 Å². The van der Waals surface area contributed by atoms with Gasteiger partial charge in [0.2, 0.25) is 0 Å². The predicted octanol–water partition coefficient (Wildman–Crippen LogP) is 5.35. The zero-order chi connectivity index (χ0) is 17.8. The zero-order valence-corrected chi connectivity index (χ0v) is 16.3. The molecule has 0 aliphatic carbocycles. The van der Waals surface area contributed by atoms with Gasteiger partial charge in [0.05, 0.1) is 17.2 Å². The van der Waals surface area contributed by atoms with Gasteiger partial charge in [-0.25, -0.2) is 0 Å². The van der Waals surface area contributed by atoms with Crippen LogP contribution in [0.2, 0.25) is 10.0 Å². The van der Waals surface area contributed by atoms with Gasteiger partial charge < -0.3 is 14.4 Å². The Morgan fingerprint density at radius 1 is 1.04 bits per heavy atom. The van der Waals surface area contributed by atoms with E-state index in [0.29, 0.717) is 28.2 Å². The summed E-state index contributed by atoms with van der Waals surface area (Å²) in [5.41, 5.74) is 1.92. The minimum absolute atomic E-state index is 0.378. The van der Waals surface area contributed by atoms with E-state index in [0.717, 1.165) is 29.2 Å². The van der Waals surface area contributed by atoms with Crippen molar-refractivity contribution in [3.63, 3.8) is 0 Å². The van der Waals surface area contributed by atoms with Gasteiger partial charge in [-0.05, 0) is 48.7 Å². The molecular formula is C19H19Cl2NO2S. The summed E-state index contributed by atoms with van der Waals surface area (Å²) in [7, 11) is 1.63. The fraction of sp³-hybridized carbons (Fsp3) is 0.316. The summed E-state index contributed by atoms with van der Waals surface area (Å²) in [4.78, 5) is 3.10. The number of methoxy groups -OCH3 is 1. The molecule has 3 nitrogen and oxygen atoms in total. The Balaban J connectivity index is 1.72. The largest absolute Gasteiger partial charge is 0.493 e. The predicted molar refractivity (Wildman–Crippen MR) is 106 cm³/mol. The molecule has 1 heterocycles. The van der Waals surface area contributed by atoms with Crippen molar-refractivity contribution >= 4 is 40.4 Å². The second-order valence-corrected chi connectivity index (χ2v) is 7.10. The van der Waals surface area contributed by atoms with Crippen molar-refractivity contribution in [1.29, 1.82) is 0 Å². The van der Waals surface area contributed by atoms with Crippen LogP contribution in [-0.4, -0.2) is 30.1 Å². The number of ether oxygens (including phenoxy) is 2. The first-order valence-corrected chi connectivity index (χ1v) is 9.29. The molecule has 1 aliphatic heterocycles. The molecule has 0 unspecified atom stereocenters. The summed E-state index contributed by atoms with van der Waals surface area (Å²) in [5.74, 6) is 1.33. The van der Waals surface area contributed by atoms with Crippen LogP contribution in [0.25, 0.3) is 0 Å². The van der Waals surface area contributed by atoms with Crippen LogP contribution in [0.1, 0.15) is 24.0 Å². The van der Waals surface area contributed by atoms with Gasteiger partial charge in [0, 0.05) is 18.7 Å². The third kappa shape index (κ3) is 4.38. The van der Waals surface area contributed by atoms with E-state index in [2.05, 4.69) is 4.90 Å². The van der Waals surface area contributed by atoms with Crippen LogP contribution in [-0.2, 0) is 6.61 Å². The molecule has 0 aromatic heterocycles. The molecule has 1 aliphatic rings. The quantitative estimate of drug-likeness (QED) is 0.635. The maximum atomic E-state index is 6.04. The number of halogens is 2. The summed E-state index contributed by atoms with van der Waals surface area (Å²) in [5, 5.41) is 1.05. The number of likely N-dealkylation sites (tertiary alicyclic amines) is 1. The van der Waals surface area contributed by atoms with Gasteiger partial charge in [-0.2, -0.15) is 0 Å². The first-order valence-electron chi connectivity index (χ1n) is 8.12. The third-order valence-corrected chi connectivity index (χ3v) is 5.42. The van der Waals surface area contributed by atoms with E-state index in [9.17, 15) is 0 Å². The molecule has 0 amide bonds. The standard InChI is InChI=1S/C19H19Cl2NO2S/c1-23-18-11-14(19(25)22-8-2-3-9-22)5-7-17(18)24-12-13-4-6-15(20)16(21)10-13/h4-7,10-11H,2-3,8-9,12H2,1H3. The highest BCUT2D eigenvalue weighted by Crippen LogP contribution is 2.30. The van der Waals surface area contributed by atoms with Crippen molar-refractivity contribution in [2.45, 2.75) is 19.4 Å². The molecule has 6 heteroatoms. The lowest BCUT2D eigenvalue weighted by atomic mass is 10.2. The molecule has 0 atom stereocenters. The molecule has 0 spiro atoms. The topological polar surface area (TPSA) is 21.7 Å². The number of benzene rings is 2. The molecule has 0 N–H and O–H groups in total. The van der Waals surface area contributed by atoms with Gasteiger partial charge in [0.25, 0.3) is 0 Å². The highest BCUT2D eigenvalue weighted by atomic mass is 35.5. The highest BCUT2D eigenvalue weighted by molar-refractivity contribution is 7.80. The highest BCUT2D eigenvalue weighted by Gasteiger charge is 2.17. The Kier molecular flexibility index (Phi) is 6.05. The SMILES string of the molecule is COc1cc(C(=S)N2CCCC2)ccc1OCc1ccc(Cl)c(Cl)c1. The van der Waals surface area contributed by atoms with Gasteiger partial charge in [0.1, 0.15) is 11.6 Å². The van der Waals surface area contributed by atoms with E-state index in [-0.39, 0.29) is 0 Å². The molecular weight excluding hydrogens is 377 g/mol. The second-order valence-electron chi connectivity index (χ2n) is 5.90. The molecule has 2 aromatic rings. The van der Waals surface area contributed by atoms with E-state index in [1.165, 1.54) is 12.8 Å². The number of hydrogen-bond donors (Lipinski definition) is 0. The van der Waals surface area contributed by atoms with Crippen molar-refractivity contribution in [3.8, 4) is 11.5 Å². The summed E-state index contributed by atoms with van der Waals surface area (Å²) in [6, 6.07) is 11.3. The van der Waals surface area contributed by atoms with Crippen molar-refractivity contribution in [2.24, 2.45) is 0 Å². The average molecular weight is 396 g/mol. The molecule has 1 saturated heterocycles. The first kappa shape index (κ1) is 18.3. The Bertz CT molecular complexity index is 776. The number of nitrogens with zero attached hydrogens (tertiary/aromatic N) is 1. The lowest BCUT2D eigenvalue weighted by Gasteiger charge is -2.20.